The molecule has 1 aliphatic rings. The van der Waals surface area contributed by atoms with Crippen LogP contribution in [0.1, 0.15) is 33.5 Å². The number of rotatable bonds is 3. The molecule has 0 spiro atoms. The number of amides is 1. The minimum absolute atomic E-state index is 0.284. The normalized spacial score (nSPS) is 19.4. The molecule has 23 heavy (non-hydrogen) atoms. The molecule has 1 aliphatic heterocycles. The highest BCUT2D eigenvalue weighted by atomic mass is 35.5. The number of Topliss-reactive ketones (excluding diaryl/α,β-unsaturated/α-hetero) is 1. The van der Waals surface area contributed by atoms with Crippen LogP contribution in [0, 0.1) is 13.8 Å². The van der Waals surface area contributed by atoms with Crippen molar-refractivity contribution in [1.29, 1.82) is 0 Å². The lowest BCUT2D eigenvalue weighted by Crippen LogP contribution is -2.36. The van der Waals surface area contributed by atoms with Crippen molar-refractivity contribution in [2.75, 3.05) is 5.32 Å². The fraction of sp³-hybridized carbons (Fsp3) is 0.222. The molecule has 1 amide bonds. The molecule has 1 atom stereocenters. The van der Waals surface area contributed by atoms with E-state index in [0.717, 1.165) is 11.1 Å². The second kappa shape index (κ2) is 5.48. The molecule has 2 aromatic carbocycles. The molecule has 0 aliphatic carbocycles. The van der Waals surface area contributed by atoms with E-state index in [4.69, 9.17) is 11.6 Å². The van der Waals surface area contributed by atoms with Crippen molar-refractivity contribution in [3.05, 3.63) is 63.7 Å². The van der Waals surface area contributed by atoms with E-state index in [1.165, 1.54) is 6.07 Å². The molecule has 4 nitrogen and oxygen atoms in total. The third kappa shape index (κ3) is 2.64. The van der Waals surface area contributed by atoms with Gasteiger partial charge >= 0.3 is 0 Å². The van der Waals surface area contributed by atoms with Gasteiger partial charge in [-0.05, 0) is 37.6 Å². The van der Waals surface area contributed by atoms with E-state index in [0.29, 0.717) is 21.8 Å². The molecular formula is C18H16ClNO3. The Bertz CT molecular complexity index is 831. The summed E-state index contributed by atoms with van der Waals surface area (Å²) in [6, 6.07) is 10.2. The molecule has 0 saturated heterocycles. The SMILES string of the molecule is Cc1ccc(C(=O)C[C@]2(O)C(=O)Nc3ccc(Cl)cc32)c(C)c1. The van der Waals surface area contributed by atoms with Gasteiger partial charge in [0.05, 0.1) is 6.42 Å². The minimum Gasteiger partial charge on any atom is -0.375 e. The first-order chi connectivity index (χ1) is 10.8. The van der Waals surface area contributed by atoms with Gasteiger partial charge in [0.1, 0.15) is 0 Å². The molecule has 0 bridgehead atoms. The number of halogens is 1. The maximum absolute atomic E-state index is 12.6. The molecule has 0 unspecified atom stereocenters. The van der Waals surface area contributed by atoms with Crippen molar-refractivity contribution in [3.8, 4) is 0 Å². The van der Waals surface area contributed by atoms with Gasteiger partial charge in [0.2, 0.25) is 0 Å². The summed E-state index contributed by atoms with van der Waals surface area (Å²) in [5, 5.41) is 13.8. The zero-order chi connectivity index (χ0) is 16.8. The molecule has 3 rings (SSSR count). The van der Waals surface area contributed by atoms with Gasteiger partial charge in [-0.3, -0.25) is 9.59 Å². The van der Waals surface area contributed by atoms with Crippen LogP contribution >= 0.6 is 11.6 Å². The van der Waals surface area contributed by atoms with Gasteiger partial charge in [0.15, 0.2) is 11.4 Å². The van der Waals surface area contributed by atoms with E-state index in [-0.39, 0.29) is 12.2 Å². The number of benzene rings is 2. The Morgan fingerprint density at radius 2 is 1.96 bits per heavy atom. The van der Waals surface area contributed by atoms with Gasteiger partial charge in [0.25, 0.3) is 5.91 Å². The second-order valence-electron chi connectivity index (χ2n) is 5.92. The van der Waals surface area contributed by atoms with E-state index in [2.05, 4.69) is 5.32 Å². The largest absolute Gasteiger partial charge is 0.375 e. The van der Waals surface area contributed by atoms with Gasteiger partial charge in [-0.15, -0.1) is 0 Å². The van der Waals surface area contributed by atoms with Crippen molar-refractivity contribution in [1.82, 2.24) is 0 Å². The maximum atomic E-state index is 12.6. The monoisotopic (exact) mass is 329 g/mol. The van der Waals surface area contributed by atoms with Crippen LogP contribution < -0.4 is 5.32 Å². The number of carbonyl (C=O) groups excluding carboxylic acids is 2. The van der Waals surface area contributed by atoms with Crippen LogP contribution in [0.5, 0.6) is 0 Å². The molecule has 2 N–H and O–H groups in total. The predicted molar refractivity (Wildman–Crippen MR) is 88.8 cm³/mol. The van der Waals surface area contributed by atoms with Gasteiger partial charge in [-0.2, -0.15) is 0 Å². The highest BCUT2D eigenvalue weighted by molar-refractivity contribution is 6.31. The third-order valence-electron chi connectivity index (χ3n) is 4.15. The quantitative estimate of drug-likeness (QED) is 0.848. The van der Waals surface area contributed by atoms with Crippen molar-refractivity contribution in [3.63, 3.8) is 0 Å². The molecule has 0 saturated carbocycles. The Kier molecular flexibility index (Phi) is 3.74. The Morgan fingerprint density at radius 3 is 2.65 bits per heavy atom. The first-order valence-electron chi connectivity index (χ1n) is 7.25. The molecule has 5 heteroatoms. The average molecular weight is 330 g/mol. The number of aryl methyl sites for hydroxylation is 2. The molecule has 118 valence electrons. The lowest BCUT2D eigenvalue weighted by Gasteiger charge is -2.20. The smallest absolute Gasteiger partial charge is 0.261 e. The third-order valence-corrected chi connectivity index (χ3v) is 4.38. The molecule has 0 fully saturated rings. The maximum Gasteiger partial charge on any atom is 0.261 e. The standard InChI is InChI=1S/C18H16ClNO3/c1-10-3-5-13(11(2)7-10)16(21)9-18(23)14-8-12(19)4-6-15(14)20-17(18)22/h3-8,23H,9H2,1-2H3,(H,20,22)/t18-/m1/s1. The van der Waals surface area contributed by atoms with Crippen LogP contribution in [0.3, 0.4) is 0 Å². The summed E-state index contributed by atoms with van der Waals surface area (Å²) in [5.74, 6) is -0.888. The van der Waals surface area contributed by atoms with Gasteiger partial charge < -0.3 is 10.4 Å². The van der Waals surface area contributed by atoms with Crippen molar-refractivity contribution < 1.29 is 14.7 Å². The highest BCUT2D eigenvalue weighted by Crippen LogP contribution is 2.40. The summed E-state index contributed by atoms with van der Waals surface area (Å²) in [6.45, 7) is 3.78. The number of fused-ring (bicyclic) bond motifs is 1. The Labute approximate surface area is 139 Å². The molecular weight excluding hydrogens is 314 g/mol. The van der Waals surface area contributed by atoms with E-state index >= 15 is 0 Å². The summed E-state index contributed by atoms with van der Waals surface area (Å²) >= 11 is 5.96. The summed E-state index contributed by atoms with van der Waals surface area (Å²) in [4.78, 5) is 24.8. The number of hydrogen-bond acceptors (Lipinski definition) is 3. The summed E-state index contributed by atoms with van der Waals surface area (Å²) < 4.78 is 0. The van der Waals surface area contributed by atoms with E-state index in [9.17, 15) is 14.7 Å². The van der Waals surface area contributed by atoms with Gasteiger partial charge in [-0.1, -0.05) is 35.4 Å². The molecule has 2 aromatic rings. The van der Waals surface area contributed by atoms with Crippen molar-refractivity contribution >= 4 is 29.0 Å². The highest BCUT2D eigenvalue weighted by Gasteiger charge is 2.47. The topological polar surface area (TPSA) is 66.4 Å². The van der Waals surface area contributed by atoms with Crippen molar-refractivity contribution in [2.24, 2.45) is 0 Å². The number of carbonyl (C=O) groups is 2. The van der Waals surface area contributed by atoms with Crippen LogP contribution in [0.25, 0.3) is 0 Å². The van der Waals surface area contributed by atoms with Gasteiger partial charge in [-0.25, -0.2) is 0 Å². The molecule has 0 radical (unpaired) electrons. The first-order valence-corrected chi connectivity index (χ1v) is 7.63. The van der Waals surface area contributed by atoms with E-state index < -0.39 is 11.5 Å². The lowest BCUT2D eigenvalue weighted by molar-refractivity contribution is -0.133. The summed E-state index contributed by atoms with van der Waals surface area (Å²) in [5.41, 5.74) is 1.31. The fourth-order valence-electron chi connectivity index (χ4n) is 2.95. The van der Waals surface area contributed by atoms with E-state index in [1.807, 2.05) is 26.0 Å². The predicted octanol–water partition coefficient (Wildman–Crippen LogP) is 3.37. The molecule has 0 aromatic heterocycles. The molecule has 1 heterocycles. The average Bonchev–Trinajstić information content (AvgIpc) is 2.70. The Hall–Kier alpha value is -2.17. The van der Waals surface area contributed by atoms with Crippen LogP contribution in [0.2, 0.25) is 5.02 Å². The Morgan fingerprint density at radius 1 is 1.22 bits per heavy atom. The number of aliphatic hydroxyl groups is 1. The van der Waals surface area contributed by atoms with Crippen LogP contribution in [0.15, 0.2) is 36.4 Å². The number of hydrogen-bond donors (Lipinski definition) is 2. The summed E-state index contributed by atoms with van der Waals surface area (Å²) in [7, 11) is 0. The zero-order valence-corrected chi connectivity index (χ0v) is 13.6. The minimum atomic E-state index is -1.89. The zero-order valence-electron chi connectivity index (χ0n) is 12.8. The fourth-order valence-corrected chi connectivity index (χ4v) is 3.12. The van der Waals surface area contributed by atoms with Crippen LogP contribution in [0.4, 0.5) is 5.69 Å². The van der Waals surface area contributed by atoms with Crippen LogP contribution in [-0.4, -0.2) is 16.8 Å². The Balaban J connectivity index is 1.97. The van der Waals surface area contributed by atoms with E-state index in [1.54, 1.807) is 18.2 Å². The number of ketones is 1. The summed E-state index contributed by atoms with van der Waals surface area (Å²) in [6.07, 6.45) is -0.323. The van der Waals surface area contributed by atoms with Crippen LogP contribution in [-0.2, 0) is 10.4 Å². The van der Waals surface area contributed by atoms with Gasteiger partial charge in [0, 0.05) is 21.8 Å². The lowest BCUT2D eigenvalue weighted by atomic mass is 9.87. The second-order valence-corrected chi connectivity index (χ2v) is 6.36. The number of nitrogens with one attached hydrogen (secondary N) is 1. The number of anilines is 1. The first kappa shape index (κ1) is 15.7. The van der Waals surface area contributed by atoms with Crippen molar-refractivity contribution in [2.45, 2.75) is 25.9 Å².